The number of rotatable bonds is 6. The number of esters is 1. The highest BCUT2D eigenvalue weighted by molar-refractivity contribution is 6.21. The molecule has 1 heterocycles. The van der Waals surface area contributed by atoms with Crippen LogP contribution in [0.2, 0.25) is 0 Å². The third-order valence-corrected chi connectivity index (χ3v) is 5.13. The van der Waals surface area contributed by atoms with Gasteiger partial charge in [-0.15, -0.1) is 0 Å². The summed E-state index contributed by atoms with van der Waals surface area (Å²) in [5.74, 6) is -1.77. The molecule has 1 aliphatic heterocycles. The van der Waals surface area contributed by atoms with Gasteiger partial charge in [0.1, 0.15) is 0 Å². The Hall–Kier alpha value is -3.28. The molecule has 0 saturated carbocycles. The van der Waals surface area contributed by atoms with Gasteiger partial charge in [-0.05, 0) is 57.0 Å². The zero-order valence-corrected chi connectivity index (χ0v) is 16.9. The van der Waals surface area contributed by atoms with Crippen LogP contribution in [-0.4, -0.2) is 41.1 Å². The minimum Gasteiger partial charge on any atom is -0.454 e. The fraction of sp³-hybridized carbons (Fsp3) is 0.304. The predicted molar refractivity (Wildman–Crippen MR) is 107 cm³/mol. The van der Waals surface area contributed by atoms with Gasteiger partial charge in [-0.25, -0.2) is 0 Å². The monoisotopic (exact) mass is 393 g/mol. The van der Waals surface area contributed by atoms with E-state index in [2.05, 4.69) is 0 Å². The number of imide groups is 1. The summed E-state index contributed by atoms with van der Waals surface area (Å²) in [4.78, 5) is 50.6. The summed E-state index contributed by atoms with van der Waals surface area (Å²) in [7, 11) is 0. The topological polar surface area (TPSA) is 80.8 Å². The van der Waals surface area contributed by atoms with Crippen molar-refractivity contribution >= 4 is 23.6 Å². The van der Waals surface area contributed by atoms with E-state index in [1.165, 1.54) is 6.92 Å². The van der Waals surface area contributed by atoms with Crippen molar-refractivity contribution in [3.63, 3.8) is 0 Å². The molecule has 2 amide bonds. The zero-order valence-electron chi connectivity index (χ0n) is 16.9. The fourth-order valence-electron chi connectivity index (χ4n) is 3.25. The van der Waals surface area contributed by atoms with Crippen LogP contribution < -0.4 is 0 Å². The number of carbonyl (C=O) groups is 4. The molecule has 1 aliphatic rings. The first-order valence-corrected chi connectivity index (χ1v) is 9.47. The molecule has 1 atom stereocenters. The summed E-state index contributed by atoms with van der Waals surface area (Å²) in [5.41, 5.74) is 4.10. The van der Waals surface area contributed by atoms with Crippen molar-refractivity contribution in [2.24, 2.45) is 0 Å². The molecule has 0 fully saturated rings. The van der Waals surface area contributed by atoms with Crippen molar-refractivity contribution in [1.82, 2.24) is 4.90 Å². The van der Waals surface area contributed by atoms with Crippen LogP contribution >= 0.6 is 0 Å². The smallest absolute Gasteiger partial charge is 0.308 e. The van der Waals surface area contributed by atoms with Crippen LogP contribution in [0.15, 0.2) is 36.4 Å². The third kappa shape index (κ3) is 4.11. The van der Waals surface area contributed by atoms with Gasteiger partial charge in [-0.3, -0.25) is 24.1 Å². The van der Waals surface area contributed by atoms with E-state index in [1.807, 2.05) is 26.8 Å². The first-order chi connectivity index (χ1) is 13.7. The number of benzene rings is 2. The lowest BCUT2D eigenvalue weighted by molar-refractivity contribution is -0.146. The second kappa shape index (κ2) is 7.99. The molecule has 0 radical (unpaired) electrons. The van der Waals surface area contributed by atoms with Gasteiger partial charge < -0.3 is 4.74 Å². The van der Waals surface area contributed by atoms with Gasteiger partial charge in [0.15, 0.2) is 6.10 Å². The van der Waals surface area contributed by atoms with Crippen molar-refractivity contribution in [2.45, 2.75) is 40.2 Å². The number of ketones is 1. The summed E-state index contributed by atoms with van der Waals surface area (Å²) >= 11 is 0. The highest BCUT2D eigenvalue weighted by atomic mass is 16.5. The molecule has 0 spiro atoms. The Labute approximate surface area is 169 Å². The van der Waals surface area contributed by atoms with Crippen molar-refractivity contribution in [2.75, 3.05) is 6.54 Å². The van der Waals surface area contributed by atoms with Gasteiger partial charge in [0.25, 0.3) is 11.8 Å². The Morgan fingerprint density at radius 3 is 2.31 bits per heavy atom. The van der Waals surface area contributed by atoms with Crippen molar-refractivity contribution < 1.29 is 23.9 Å². The zero-order chi connectivity index (χ0) is 21.3. The van der Waals surface area contributed by atoms with Crippen LogP contribution in [0.3, 0.4) is 0 Å². The quantitative estimate of drug-likeness (QED) is 0.427. The lowest BCUT2D eigenvalue weighted by atomic mass is 10.0. The summed E-state index contributed by atoms with van der Waals surface area (Å²) in [5, 5.41) is 0. The average Bonchev–Trinajstić information content (AvgIpc) is 2.91. The third-order valence-electron chi connectivity index (χ3n) is 5.13. The van der Waals surface area contributed by atoms with Crippen molar-refractivity contribution in [3.05, 3.63) is 69.8 Å². The number of aryl methyl sites for hydroxylation is 3. The van der Waals surface area contributed by atoms with Gasteiger partial charge >= 0.3 is 5.97 Å². The van der Waals surface area contributed by atoms with Gasteiger partial charge in [0.2, 0.25) is 5.78 Å². The molecule has 0 N–H and O–H groups in total. The number of hydrogen-bond acceptors (Lipinski definition) is 5. The summed E-state index contributed by atoms with van der Waals surface area (Å²) in [6.07, 6.45) is -1.12. The summed E-state index contributed by atoms with van der Waals surface area (Å²) in [6, 6.07) is 10.4. The molecule has 0 aliphatic carbocycles. The molecule has 2 aromatic rings. The number of hydrogen-bond donors (Lipinski definition) is 0. The Morgan fingerprint density at radius 1 is 0.931 bits per heavy atom. The first-order valence-electron chi connectivity index (χ1n) is 9.47. The maximum atomic E-state index is 12.5. The van der Waals surface area contributed by atoms with Gasteiger partial charge in [0, 0.05) is 12.1 Å². The van der Waals surface area contributed by atoms with E-state index in [9.17, 15) is 19.2 Å². The number of carbonyl (C=O) groups excluding carboxylic acids is 4. The summed E-state index contributed by atoms with van der Waals surface area (Å²) in [6.45, 7) is 7.13. The van der Waals surface area contributed by atoms with E-state index in [-0.39, 0.29) is 18.7 Å². The van der Waals surface area contributed by atoms with Gasteiger partial charge in [-0.2, -0.15) is 0 Å². The number of fused-ring (bicyclic) bond motifs is 1. The molecule has 2 aromatic carbocycles. The van der Waals surface area contributed by atoms with Gasteiger partial charge in [-0.1, -0.05) is 23.8 Å². The molecular formula is C23H23NO5. The van der Waals surface area contributed by atoms with E-state index in [0.29, 0.717) is 16.7 Å². The molecule has 150 valence electrons. The molecule has 1 unspecified atom stereocenters. The average molecular weight is 393 g/mol. The highest BCUT2D eigenvalue weighted by Crippen LogP contribution is 2.24. The molecule has 0 saturated heterocycles. The van der Waals surface area contributed by atoms with Gasteiger partial charge in [0.05, 0.1) is 17.5 Å². The standard InChI is InChI=1S/C23H23NO5/c1-13-5-8-18-19(11-13)23(28)24(22(18)27)10-9-20(25)29-16(4)21(26)17-7-6-14(2)15(3)12-17/h5-8,11-12,16H,9-10H2,1-4H3. The maximum Gasteiger partial charge on any atom is 0.308 e. The fourth-order valence-corrected chi connectivity index (χ4v) is 3.25. The molecular weight excluding hydrogens is 370 g/mol. The van der Waals surface area contributed by atoms with E-state index in [1.54, 1.807) is 30.3 Å². The minimum atomic E-state index is -0.950. The SMILES string of the molecule is Cc1ccc2c(c1)C(=O)N(CCC(=O)OC(C)C(=O)c1ccc(C)c(C)c1)C2=O. The van der Waals surface area contributed by atoms with Crippen LogP contribution in [0.5, 0.6) is 0 Å². The van der Waals surface area contributed by atoms with E-state index >= 15 is 0 Å². The maximum absolute atomic E-state index is 12.5. The largest absolute Gasteiger partial charge is 0.454 e. The van der Waals surface area contributed by atoms with Crippen molar-refractivity contribution in [3.8, 4) is 0 Å². The number of amides is 2. The minimum absolute atomic E-state index is 0.0885. The number of nitrogens with zero attached hydrogens (tertiary/aromatic N) is 1. The Morgan fingerprint density at radius 2 is 1.62 bits per heavy atom. The second-order valence-corrected chi connectivity index (χ2v) is 7.36. The predicted octanol–water partition coefficient (Wildman–Crippen LogP) is 3.41. The molecule has 6 heteroatoms. The number of Topliss-reactive ketones (excluding diaryl/α,β-unsaturated/α-hetero) is 1. The van der Waals surface area contributed by atoms with Crippen LogP contribution in [0.4, 0.5) is 0 Å². The second-order valence-electron chi connectivity index (χ2n) is 7.36. The lowest BCUT2D eigenvalue weighted by Gasteiger charge is -2.16. The normalized spacial score (nSPS) is 14.0. The van der Waals surface area contributed by atoms with Crippen LogP contribution in [0.1, 0.15) is 61.1 Å². The van der Waals surface area contributed by atoms with Crippen molar-refractivity contribution in [1.29, 1.82) is 0 Å². The molecule has 0 aromatic heterocycles. The highest BCUT2D eigenvalue weighted by Gasteiger charge is 2.35. The summed E-state index contributed by atoms with van der Waals surface area (Å²) < 4.78 is 5.23. The Bertz CT molecular complexity index is 1020. The van der Waals surface area contributed by atoms with E-state index in [4.69, 9.17) is 4.74 Å². The van der Waals surface area contributed by atoms with Crippen LogP contribution in [0.25, 0.3) is 0 Å². The van der Waals surface area contributed by atoms with Crippen LogP contribution in [-0.2, 0) is 9.53 Å². The molecule has 6 nitrogen and oxygen atoms in total. The van der Waals surface area contributed by atoms with E-state index in [0.717, 1.165) is 21.6 Å². The first kappa shape index (κ1) is 20.5. The molecule has 0 bridgehead atoms. The Balaban J connectivity index is 1.58. The molecule has 29 heavy (non-hydrogen) atoms. The van der Waals surface area contributed by atoms with Crippen LogP contribution in [0, 0.1) is 20.8 Å². The molecule has 3 rings (SSSR count). The van der Waals surface area contributed by atoms with E-state index < -0.39 is 23.9 Å². The lowest BCUT2D eigenvalue weighted by Crippen LogP contribution is -2.33. The number of ether oxygens (including phenoxy) is 1. The Kier molecular flexibility index (Phi) is 5.64.